The van der Waals surface area contributed by atoms with E-state index < -0.39 is 0 Å². The van der Waals surface area contributed by atoms with E-state index in [0.717, 1.165) is 25.2 Å². The van der Waals surface area contributed by atoms with Gasteiger partial charge in [-0.2, -0.15) is 0 Å². The Hall–Kier alpha value is -1.59. The van der Waals surface area contributed by atoms with Gasteiger partial charge in [0.2, 0.25) is 5.91 Å². The molecule has 2 amide bonds. The lowest BCUT2D eigenvalue weighted by atomic mass is 10.0. The first-order valence-electron chi connectivity index (χ1n) is 8.04. The summed E-state index contributed by atoms with van der Waals surface area (Å²) in [6, 6.07) is 7.13. The number of rotatable bonds is 6. The topological polar surface area (TPSA) is 61.4 Å². The molecule has 1 fully saturated rings. The molecule has 1 aliphatic rings. The molecule has 0 aliphatic carbocycles. The highest BCUT2D eigenvalue weighted by atomic mass is 35.5. The van der Waals surface area contributed by atoms with Gasteiger partial charge in [0.25, 0.3) is 5.91 Å². The van der Waals surface area contributed by atoms with Gasteiger partial charge < -0.3 is 15.5 Å². The van der Waals surface area contributed by atoms with Crippen molar-refractivity contribution in [3.05, 3.63) is 29.8 Å². The van der Waals surface area contributed by atoms with Crippen LogP contribution in [0.1, 0.15) is 37.0 Å². The molecule has 1 aromatic carbocycles. The van der Waals surface area contributed by atoms with Crippen molar-refractivity contribution in [3.8, 4) is 0 Å². The van der Waals surface area contributed by atoms with E-state index >= 15 is 0 Å². The number of nitrogens with one attached hydrogen (secondary N) is 2. The molecular weight excluding hydrogens is 314 g/mol. The standard InChI is InChI=1S/C17H25N3O2.ClH/c1-3-20(4-2)17(22)14-5-7-15(8-6-14)19-16(21)11-13-9-10-18-12-13;/h5-8,13,18H,3-4,9-12H2,1-2H3,(H,19,21);1H. The Morgan fingerprint density at radius 2 is 1.87 bits per heavy atom. The van der Waals surface area contributed by atoms with Crippen molar-refractivity contribution in [1.82, 2.24) is 10.2 Å². The Morgan fingerprint density at radius 1 is 1.22 bits per heavy atom. The Bertz CT molecular complexity index is 509. The minimum absolute atomic E-state index is 0. The summed E-state index contributed by atoms with van der Waals surface area (Å²) in [5.41, 5.74) is 1.40. The third kappa shape index (κ3) is 5.52. The van der Waals surface area contributed by atoms with E-state index in [1.54, 1.807) is 29.2 Å². The van der Waals surface area contributed by atoms with Gasteiger partial charge >= 0.3 is 0 Å². The molecule has 128 valence electrons. The number of halogens is 1. The van der Waals surface area contributed by atoms with E-state index in [0.29, 0.717) is 31.0 Å². The fraction of sp³-hybridized carbons (Fsp3) is 0.529. The summed E-state index contributed by atoms with van der Waals surface area (Å²) in [6.45, 7) is 7.25. The first-order chi connectivity index (χ1) is 10.6. The third-order valence-corrected chi connectivity index (χ3v) is 4.10. The van der Waals surface area contributed by atoms with Crippen LogP contribution in [-0.2, 0) is 4.79 Å². The maximum Gasteiger partial charge on any atom is 0.253 e. The molecule has 1 heterocycles. The molecule has 2 N–H and O–H groups in total. The third-order valence-electron chi connectivity index (χ3n) is 4.10. The van der Waals surface area contributed by atoms with Crippen LogP contribution in [-0.4, -0.2) is 42.9 Å². The molecule has 0 bridgehead atoms. The van der Waals surface area contributed by atoms with Gasteiger partial charge in [-0.3, -0.25) is 9.59 Å². The summed E-state index contributed by atoms with van der Waals surface area (Å²) in [5, 5.41) is 6.16. The van der Waals surface area contributed by atoms with E-state index in [4.69, 9.17) is 0 Å². The molecule has 0 saturated carbocycles. The molecule has 0 radical (unpaired) electrons. The molecule has 1 aliphatic heterocycles. The molecule has 1 unspecified atom stereocenters. The van der Waals surface area contributed by atoms with Crippen LogP contribution in [0.3, 0.4) is 0 Å². The lowest BCUT2D eigenvalue weighted by Gasteiger charge is -2.18. The number of anilines is 1. The zero-order chi connectivity index (χ0) is 15.9. The van der Waals surface area contributed by atoms with Crippen molar-refractivity contribution in [2.75, 3.05) is 31.5 Å². The van der Waals surface area contributed by atoms with Gasteiger partial charge in [0.1, 0.15) is 0 Å². The molecule has 0 spiro atoms. The van der Waals surface area contributed by atoms with Crippen LogP contribution in [0.2, 0.25) is 0 Å². The maximum atomic E-state index is 12.2. The molecule has 1 aromatic rings. The molecule has 23 heavy (non-hydrogen) atoms. The Morgan fingerprint density at radius 3 is 2.39 bits per heavy atom. The fourth-order valence-electron chi connectivity index (χ4n) is 2.75. The number of carbonyl (C=O) groups is 2. The number of benzene rings is 1. The summed E-state index contributed by atoms with van der Waals surface area (Å²) >= 11 is 0. The zero-order valence-electron chi connectivity index (χ0n) is 13.8. The summed E-state index contributed by atoms with van der Waals surface area (Å²) in [7, 11) is 0. The summed E-state index contributed by atoms with van der Waals surface area (Å²) in [4.78, 5) is 26.0. The molecule has 5 nitrogen and oxygen atoms in total. The summed E-state index contributed by atoms with van der Waals surface area (Å²) < 4.78 is 0. The molecular formula is C17H26ClN3O2. The second-order valence-corrected chi connectivity index (χ2v) is 5.67. The molecule has 0 aromatic heterocycles. The smallest absolute Gasteiger partial charge is 0.253 e. The Kier molecular flexibility index (Phi) is 8.06. The van der Waals surface area contributed by atoms with Gasteiger partial charge in [0.05, 0.1) is 0 Å². The average Bonchev–Trinajstić information content (AvgIpc) is 3.02. The summed E-state index contributed by atoms with van der Waals surface area (Å²) in [6.07, 6.45) is 1.61. The minimum Gasteiger partial charge on any atom is -0.339 e. The van der Waals surface area contributed by atoms with Crippen LogP contribution in [0.5, 0.6) is 0 Å². The SMILES string of the molecule is CCN(CC)C(=O)c1ccc(NC(=O)CC2CCNC2)cc1.Cl. The van der Waals surface area contributed by atoms with Crippen LogP contribution in [0.15, 0.2) is 24.3 Å². The lowest BCUT2D eigenvalue weighted by molar-refractivity contribution is -0.116. The van der Waals surface area contributed by atoms with Gasteiger partial charge in [-0.25, -0.2) is 0 Å². The fourth-order valence-corrected chi connectivity index (χ4v) is 2.75. The number of amides is 2. The van der Waals surface area contributed by atoms with E-state index in [1.807, 2.05) is 13.8 Å². The van der Waals surface area contributed by atoms with Crippen molar-refractivity contribution >= 4 is 29.9 Å². The average molecular weight is 340 g/mol. The molecule has 2 rings (SSSR count). The number of hydrogen-bond acceptors (Lipinski definition) is 3. The van der Waals surface area contributed by atoms with Crippen molar-refractivity contribution in [3.63, 3.8) is 0 Å². The van der Waals surface area contributed by atoms with E-state index in [9.17, 15) is 9.59 Å². The van der Waals surface area contributed by atoms with Gasteiger partial charge in [-0.05, 0) is 63.5 Å². The quantitative estimate of drug-likeness (QED) is 0.837. The van der Waals surface area contributed by atoms with E-state index in [1.165, 1.54) is 0 Å². The maximum absolute atomic E-state index is 12.2. The minimum atomic E-state index is 0. The first-order valence-corrected chi connectivity index (χ1v) is 8.04. The van der Waals surface area contributed by atoms with Crippen LogP contribution >= 0.6 is 12.4 Å². The number of carbonyl (C=O) groups excluding carboxylic acids is 2. The van der Waals surface area contributed by atoms with Crippen molar-refractivity contribution in [1.29, 1.82) is 0 Å². The highest BCUT2D eigenvalue weighted by Gasteiger charge is 2.18. The predicted molar refractivity (Wildman–Crippen MR) is 95.2 cm³/mol. The second kappa shape index (κ2) is 9.53. The van der Waals surface area contributed by atoms with Crippen LogP contribution in [0, 0.1) is 5.92 Å². The van der Waals surface area contributed by atoms with Gasteiger partial charge in [0.15, 0.2) is 0 Å². The summed E-state index contributed by atoms with van der Waals surface area (Å²) in [5.74, 6) is 0.500. The monoisotopic (exact) mass is 339 g/mol. The van der Waals surface area contributed by atoms with Gasteiger partial charge in [0, 0.05) is 30.8 Å². The highest BCUT2D eigenvalue weighted by molar-refractivity contribution is 5.95. The van der Waals surface area contributed by atoms with Crippen LogP contribution in [0.25, 0.3) is 0 Å². The largest absolute Gasteiger partial charge is 0.339 e. The Balaban J connectivity index is 0.00000264. The van der Waals surface area contributed by atoms with Crippen molar-refractivity contribution in [2.45, 2.75) is 26.7 Å². The Labute approximate surface area is 144 Å². The zero-order valence-corrected chi connectivity index (χ0v) is 14.6. The number of nitrogens with zero attached hydrogens (tertiary/aromatic N) is 1. The van der Waals surface area contributed by atoms with Crippen molar-refractivity contribution < 1.29 is 9.59 Å². The van der Waals surface area contributed by atoms with E-state index in [2.05, 4.69) is 10.6 Å². The normalized spacial score (nSPS) is 16.5. The van der Waals surface area contributed by atoms with Crippen LogP contribution < -0.4 is 10.6 Å². The second-order valence-electron chi connectivity index (χ2n) is 5.67. The van der Waals surface area contributed by atoms with Crippen molar-refractivity contribution in [2.24, 2.45) is 5.92 Å². The molecule has 6 heteroatoms. The van der Waals surface area contributed by atoms with Crippen LogP contribution in [0.4, 0.5) is 5.69 Å². The molecule has 1 saturated heterocycles. The molecule has 1 atom stereocenters. The first kappa shape index (κ1) is 19.5. The highest BCUT2D eigenvalue weighted by Crippen LogP contribution is 2.15. The number of hydrogen-bond donors (Lipinski definition) is 2. The van der Waals surface area contributed by atoms with Gasteiger partial charge in [-0.1, -0.05) is 0 Å². The predicted octanol–water partition coefficient (Wildman–Crippen LogP) is 2.53. The lowest BCUT2D eigenvalue weighted by Crippen LogP contribution is -2.30. The van der Waals surface area contributed by atoms with E-state index in [-0.39, 0.29) is 24.2 Å². The van der Waals surface area contributed by atoms with Gasteiger partial charge in [-0.15, -0.1) is 12.4 Å².